The molecule has 0 radical (unpaired) electrons. The van der Waals surface area contributed by atoms with Gasteiger partial charge in [0.2, 0.25) is 0 Å². The molecule has 1 heterocycles. The molecule has 0 bridgehead atoms. The summed E-state index contributed by atoms with van der Waals surface area (Å²) in [5.41, 5.74) is 6.78. The molecule has 1 fully saturated rings. The zero-order valence-electron chi connectivity index (χ0n) is 17.5. The molecule has 1 saturated heterocycles. The highest BCUT2D eigenvalue weighted by atomic mass is 16.5. The summed E-state index contributed by atoms with van der Waals surface area (Å²) in [5.74, 6) is 0.905. The standard InChI is InChI=1S/C24H31N3O2/c1-18-5-3-8-23(19(18)2)26-12-14-27(15-13-26)24(28)25-11-16-29-22-10-9-20-6-4-7-21(20)17-22/h3,5,8-10,17H,4,6-7,11-16H2,1-2H3,(H,25,28). The van der Waals surface area contributed by atoms with Gasteiger partial charge in [0.05, 0.1) is 6.54 Å². The van der Waals surface area contributed by atoms with Gasteiger partial charge in [-0.25, -0.2) is 4.79 Å². The van der Waals surface area contributed by atoms with Gasteiger partial charge in [0.15, 0.2) is 0 Å². The first-order valence-electron chi connectivity index (χ1n) is 10.7. The molecule has 0 unspecified atom stereocenters. The molecule has 2 aromatic rings. The van der Waals surface area contributed by atoms with Gasteiger partial charge in [-0.2, -0.15) is 0 Å². The lowest BCUT2D eigenvalue weighted by Crippen LogP contribution is -2.52. The van der Waals surface area contributed by atoms with Gasteiger partial charge in [-0.3, -0.25) is 0 Å². The number of aryl methyl sites for hydroxylation is 3. The molecule has 2 aliphatic rings. The largest absolute Gasteiger partial charge is 0.492 e. The second-order valence-electron chi connectivity index (χ2n) is 8.06. The van der Waals surface area contributed by atoms with Crippen LogP contribution in [0.5, 0.6) is 5.75 Å². The van der Waals surface area contributed by atoms with E-state index in [1.165, 1.54) is 40.8 Å². The van der Waals surface area contributed by atoms with Crippen molar-refractivity contribution in [1.29, 1.82) is 0 Å². The van der Waals surface area contributed by atoms with Crippen molar-refractivity contribution in [2.75, 3.05) is 44.2 Å². The zero-order chi connectivity index (χ0) is 20.2. The first-order valence-corrected chi connectivity index (χ1v) is 10.7. The Morgan fingerprint density at radius 3 is 2.66 bits per heavy atom. The molecule has 0 spiro atoms. The number of hydrogen-bond acceptors (Lipinski definition) is 3. The Bertz CT molecular complexity index is 872. The summed E-state index contributed by atoms with van der Waals surface area (Å²) < 4.78 is 5.83. The number of urea groups is 1. The molecule has 1 N–H and O–H groups in total. The van der Waals surface area contributed by atoms with E-state index in [9.17, 15) is 4.79 Å². The van der Waals surface area contributed by atoms with Crippen molar-refractivity contribution in [2.24, 2.45) is 0 Å². The summed E-state index contributed by atoms with van der Waals surface area (Å²) in [7, 11) is 0. The maximum atomic E-state index is 12.5. The van der Waals surface area contributed by atoms with Crippen LogP contribution in [-0.2, 0) is 12.8 Å². The lowest BCUT2D eigenvalue weighted by atomic mass is 10.1. The van der Waals surface area contributed by atoms with Crippen LogP contribution in [0, 0.1) is 13.8 Å². The van der Waals surface area contributed by atoms with Gasteiger partial charge in [0.25, 0.3) is 0 Å². The van der Waals surface area contributed by atoms with Gasteiger partial charge in [-0.05, 0) is 73.6 Å². The Labute approximate surface area is 173 Å². The first-order chi connectivity index (χ1) is 14.1. The van der Waals surface area contributed by atoms with Crippen molar-refractivity contribution < 1.29 is 9.53 Å². The molecule has 1 aliphatic carbocycles. The van der Waals surface area contributed by atoms with E-state index in [0.29, 0.717) is 13.2 Å². The van der Waals surface area contributed by atoms with Crippen molar-refractivity contribution in [1.82, 2.24) is 10.2 Å². The second kappa shape index (κ2) is 8.76. The number of benzene rings is 2. The average Bonchev–Trinajstić information content (AvgIpc) is 3.21. The van der Waals surface area contributed by atoms with E-state index in [2.05, 4.69) is 54.4 Å². The lowest BCUT2D eigenvalue weighted by Gasteiger charge is -2.37. The highest BCUT2D eigenvalue weighted by molar-refractivity contribution is 5.74. The third-order valence-electron chi connectivity index (χ3n) is 6.20. The van der Waals surface area contributed by atoms with Crippen LogP contribution in [0.1, 0.15) is 28.7 Å². The number of fused-ring (bicyclic) bond motifs is 1. The molecule has 5 heteroatoms. The van der Waals surface area contributed by atoms with Crippen LogP contribution in [0.4, 0.5) is 10.5 Å². The number of nitrogens with one attached hydrogen (secondary N) is 1. The Morgan fingerprint density at radius 1 is 1.03 bits per heavy atom. The molecular weight excluding hydrogens is 362 g/mol. The Morgan fingerprint density at radius 2 is 1.83 bits per heavy atom. The monoisotopic (exact) mass is 393 g/mol. The van der Waals surface area contributed by atoms with E-state index >= 15 is 0 Å². The van der Waals surface area contributed by atoms with Crippen LogP contribution in [0.15, 0.2) is 36.4 Å². The van der Waals surface area contributed by atoms with Gasteiger partial charge in [0, 0.05) is 31.9 Å². The highest BCUT2D eigenvalue weighted by Gasteiger charge is 2.22. The summed E-state index contributed by atoms with van der Waals surface area (Å²) in [5, 5.41) is 2.99. The molecule has 2 amide bonds. The third kappa shape index (κ3) is 4.50. The Kier molecular flexibility index (Phi) is 5.93. The predicted octanol–water partition coefficient (Wildman–Crippen LogP) is 3.70. The molecule has 0 aromatic heterocycles. The molecule has 4 rings (SSSR count). The highest BCUT2D eigenvalue weighted by Crippen LogP contribution is 2.26. The number of piperazine rings is 1. The summed E-state index contributed by atoms with van der Waals surface area (Å²) in [4.78, 5) is 16.7. The number of nitrogens with zero attached hydrogens (tertiary/aromatic N) is 2. The lowest BCUT2D eigenvalue weighted by molar-refractivity contribution is 0.191. The minimum absolute atomic E-state index is 0.00293. The van der Waals surface area contributed by atoms with Crippen LogP contribution in [-0.4, -0.2) is 50.3 Å². The fraction of sp³-hybridized carbons (Fsp3) is 0.458. The van der Waals surface area contributed by atoms with Crippen molar-refractivity contribution >= 4 is 11.7 Å². The minimum Gasteiger partial charge on any atom is -0.492 e. The van der Waals surface area contributed by atoms with Gasteiger partial charge in [0.1, 0.15) is 12.4 Å². The Hall–Kier alpha value is -2.69. The maximum Gasteiger partial charge on any atom is 0.317 e. The van der Waals surface area contributed by atoms with Crippen molar-refractivity contribution in [3.8, 4) is 5.75 Å². The zero-order valence-corrected chi connectivity index (χ0v) is 17.5. The quantitative estimate of drug-likeness (QED) is 0.788. The van der Waals surface area contributed by atoms with Crippen molar-refractivity contribution in [2.45, 2.75) is 33.1 Å². The molecular formula is C24H31N3O2. The summed E-state index contributed by atoms with van der Waals surface area (Å²) >= 11 is 0. The van der Waals surface area contributed by atoms with E-state index in [-0.39, 0.29) is 6.03 Å². The first kappa shape index (κ1) is 19.6. The van der Waals surface area contributed by atoms with Crippen LogP contribution in [0.2, 0.25) is 0 Å². The van der Waals surface area contributed by atoms with Crippen molar-refractivity contribution in [3.63, 3.8) is 0 Å². The Balaban J connectivity index is 1.20. The number of carbonyl (C=O) groups excluding carboxylic acids is 1. The average molecular weight is 394 g/mol. The number of hydrogen-bond donors (Lipinski definition) is 1. The normalized spacial score (nSPS) is 15.9. The van der Waals surface area contributed by atoms with Gasteiger partial charge < -0.3 is 19.9 Å². The van der Waals surface area contributed by atoms with E-state index in [1.54, 1.807) is 0 Å². The van der Waals surface area contributed by atoms with E-state index in [4.69, 9.17) is 4.74 Å². The predicted molar refractivity (Wildman–Crippen MR) is 117 cm³/mol. The van der Waals surface area contributed by atoms with Crippen LogP contribution in [0.25, 0.3) is 0 Å². The summed E-state index contributed by atoms with van der Waals surface area (Å²) in [6.45, 7) is 8.54. The van der Waals surface area contributed by atoms with Gasteiger partial charge in [-0.1, -0.05) is 18.2 Å². The fourth-order valence-electron chi connectivity index (χ4n) is 4.31. The fourth-order valence-corrected chi connectivity index (χ4v) is 4.31. The number of carbonyl (C=O) groups is 1. The summed E-state index contributed by atoms with van der Waals surface area (Å²) in [6.07, 6.45) is 3.57. The second-order valence-corrected chi connectivity index (χ2v) is 8.06. The van der Waals surface area contributed by atoms with Crippen LogP contribution < -0.4 is 15.0 Å². The number of amides is 2. The molecule has 1 aliphatic heterocycles. The number of ether oxygens (including phenoxy) is 1. The van der Waals surface area contributed by atoms with Crippen LogP contribution >= 0.6 is 0 Å². The van der Waals surface area contributed by atoms with Crippen molar-refractivity contribution in [3.05, 3.63) is 58.7 Å². The van der Waals surface area contributed by atoms with Crippen LogP contribution in [0.3, 0.4) is 0 Å². The smallest absolute Gasteiger partial charge is 0.317 e. The van der Waals surface area contributed by atoms with Gasteiger partial charge >= 0.3 is 6.03 Å². The molecule has 5 nitrogen and oxygen atoms in total. The SMILES string of the molecule is Cc1cccc(N2CCN(C(=O)NCCOc3ccc4c(c3)CCC4)CC2)c1C. The maximum absolute atomic E-state index is 12.5. The molecule has 0 saturated carbocycles. The topological polar surface area (TPSA) is 44.8 Å². The molecule has 29 heavy (non-hydrogen) atoms. The van der Waals surface area contributed by atoms with E-state index in [1.807, 2.05) is 11.0 Å². The minimum atomic E-state index is 0.00293. The number of rotatable bonds is 5. The molecule has 154 valence electrons. The van der Waals surface area contributed by atoms with Gasteiger partial charge in [-0.15, -0.1) is 0 Å². The van der Waals surface area contributed by atoms with E-state index in [0.717, 1.165) is 38.3 Å². The molecule has 0 atom stereocenters. The summed E-state index contributed by atoms with van der Waals surface area (Å²) in [6, 6.07) is 12.8. The number of anilines is 1. The molecule has 2 aromatic carbocycles. The third-order valence-corrected chi connectivity index (χ3v) is 6.20. The van der Waals surface area contributed by atoms with E-state index < -0.39 is 0 Å².